The third-order valence-electron chi connectivity index (χ3n) is 5.64. The van der Waals surface area contributed by atoms with Crippen molar-refractivity contribution < 1.29 is 28.5 Å². The number of rotatable bonds is 11. The van der Waals surface area contributed by atoms with Crippen molar-refractivity contribution in [3.8, 4) is 23.0 Å². The van der Waals surface area contributed by atoms with Crippen LogP contribution in [0.4, 0.5) is 11.4 Å². The second kappa shape index (κ2) is 12.0. The highest BCUT2D eigenvalue weighted by Crippen LogP contribution is 2.34. The first-order valence-electron chi connectivity index (χ1n) is 11.9. The molecule has 2 amide bonds. The quantitative estimate of drug-likeness (QED) is 0.395. The van der Waals surface area contributed by atoms with Gasteiger partial charge in [0.2, 0.25) is 5.91 Å². The van der Waals surface area contributed by atoms with Gasteiger partial charge in [0.15, 0.2) is 6.61 Å². The number of benzene rings is 3. The van der Waals surface area contributed by atoms with Crippen molar-refractivity contribution in [2.45, 2.75) is 19.8 Å². The summed E-state index contributed by atoms with van der Waals surface area (Å²) in [4.78, 5) is 26.6. The molecule has 0 bridgehead atoms. The number of nitrogens with one attached hydrogen (secondary N) is 1. The molecule has 0 saturated heterocycles. The molecule has 0 fully saturated rings. The van der Waals surface area contributed by atoms with Crippen molar-refractivity contribution in [3.63, 3.8) is 0 Å². The Labute approximate surface area is 210 Å². The summed E-state index contributed by atoms with van der Waals surface area (Å²) >= 11 is 0. The highest BCUT2D eigenvalue weighted by molar-refractivity contribution is 5.99. The Hall–Kier alpha value is -4.20. The van der Waals surface area contributed by atoms with Crippen LogP contribution in [0, 0.1) is 6.92 Å². The number of carbonyl (C=O) groups is 2. The summed E-state index contributed by atoms with van der Waals surface area (Å²) in [6.07, 6.45) is 0.865. The highest BCUT2D eigenvalue weighted by atomic mass is 16.5. The molecule has 0 unspecified atom stereocenters. The zero-order chi connectivity index (χ0) is 25.3. The molecule has 3 aromatic rings. The number of ether oxygens (including phenoxy) is 4. The van der Waals surface area contributed by atoms with Gasteiger partial charge in [-0.05, 0) is 73.5 Å². The molecule has 188 valence electrons. The number of fused-ring (bicyclic) bond motifs is 1. The normalized spacial score (nSPS) is 12.4. The Morgan fingerprint density at radius 2 is 1.75 bits per heavy atom. The predicted molar refractivity (Wildman–Crippen MR) is 137 cm³/mol. The fraction of sp³-hybridized carbons (Fsp3) is 0.286. The Morgan fingerprint density at radius 3 is 2.53 bits per heavy atom. The van der Waals surface area contributed by atoms with Crippen molar-refractivity contribution >= 4 is 23.2 Å². The fourth-order valence-electron chi connectivity index (χ4n) is 3.80. The molecule has 1 aliphatic heterocycles. The van der Waals surface area contributed by atoms with Gasteiger partial charge in [-0.3, -0.25) is 9.59 Å². The summed E-state index contributed by atoms with van der Waals surface area (Å²) in [5.41, 5.74) is 2.31. The molecular formula is C28H30N2O6. The van der Waals surface area contributed by atoms with Crippen molar-refractivity contribution in [3.05, 3.63) is 72.3 Å². The largest absolute Gasteiger partial charge is 0.497 e. The maximum atomic E-state index is 12.6. The molecule has 1 N–H and O–H groups in total. The summed E-state index contributed by atoms with van der Waals surface area (Å²) in [6.45, 7) is 3.08. The lowest BCUT2D eigenvalue weighted by Crippen LogP contribution is -2.41. The van der Waals surface area contributed by atoms with Crippen LogP contribution in [0.3, 0.4) is 0 Å². The van der Waals surface area contributed by atoms with Crippen LogP contribution < -0.4 is 29.2 Å². The van der Waals surface area contributed by atoms with E-state index in [1.54, 1.807) is 30.2 Å². The Morgan fingerprint density at radius 1 is 0.972 bits per heavy atom. The third kappa shape index (κ3) is 6.69. The van der Waals surface area contributed by atoms with Gasteiger partial charge in [-0.1, -0.05) is 12.1 Å². The minimum Gasteiger partial charge on any atom is -0.497 e. The number of aryl methyl sites for hydroxylation is 1. The topological polar surface area (TPSA) is 86.3 Å². The van der Waals surface area contributed by atoms with Crippen LogP contribution in [0.25, 0.3) is 0 Å². The number of hydrogen-bond donors (Lipinski definition) is 1. The number of hydrogen-bond acceptors (Lipinski definition) is 6. The third-order valence-corrected chi connectivity index (χ3v) is 5.64. The first kappa shape index (κ1) is 24.9. The lowest BCUT2D eigenvalue weighted by Gasteiger charge is -2.29. The molecule has 1 aliphatic rings. The fourth-order valence-corrected chi connectivity index (χ4v) is 3.80. The Bertz CT molecular complexity index is 1190. The summed E-state index contributed by atoms with van der Waals surface area (Å²) in [5.74, 6) is 2.54. The van der Waals surface area contributed by atoms with Crippen LogP contribution in [0.15, 0.2) is 66.7 Å². The van der Waals surface area contributed by atoms with Gasteiger partial charge >= 0.3 is 0 Å². The molecule has 8 nitrogen and oxygen atoms in total. The van der Waals surface area contributed by atoms with Gasteiger partial charge in [-0.15, -0.1) is 0 Å². The van der Waals surface area contributed by atoms with Crippen LogP contribution in [0.1, 0.15) is 18.4 Å². The molecule has 0 saturated carbocycles. The Kier molecular flexibility index (Phi) is 8.28. The highest BCUT2D eigenvalue weighted by Gasteiger charge is 2.26. The van der Waals surface area contributed by atoms with E-state index < -0.39 is 0 Å². The van der Waals surface area contributed by atoms with Gasteiger partial charge in [-0.2, -0.15) is 0 Å². The minimum atomic E-state index is -0.158. The van der Waals surface area contributed by atoms with Crippen LogP contribution in [0.2, 0.25) is 0 Å². The molecule has 0 atom stereocenters. The second-order valence-corrected chi connectivity index (χ2v) is 8.36. The van der Waals surface area contributed by atoms with E-state index in [1.807, 2.05) is 55.5 Å². The molecule has 4 rings (SSSR count). The monoisotopic (exact) mass is 490 g/mol. The summed E-state index contributed by atoms with van der Waals surface area (Å²) in [6, 6.07) is 20.3. The van der Waals surface area contributed by atoms with Crippen LogP contribution >= 0.6 is 0 Å². The van der Waals surface area contributed by atoms with E-state index in [0.717, 1.165) is 22.8 Å². The van der Waals surface area contributed by atoms with E-state index in [9.17, 15) is 9.59 Å². The van der Waals surface area contributed by atoms with Crippen molar-refractivity contribution in [1.82, 2.24) is 0 Å². The van der Waals surface area contributed by atoms with Crippen molar-refractivity contribution in [2.75, 3.05) is 43.7 Å². The minimum absolute atomic E-state index is 0.0304. The molecule has 8 heteroatoms. The number of amides is 2. The maximum Gasteiger partial charge on any atom is 0.265 e. The molecule has 1 heterocycles. The maximum absolute atomic E-state index is 12.6. The zero-order valence-electron chi connectivity index (χ0n) is 20.5. The summed E-state index contributed by atoms with van der Waals surface area (Å²) in [5, 5.41) is 2.89. The lowest BCUT2D eigenvalue weighted by molar-refractivity contribution is -0.121. The summed E-state index contributed by atoms with van der Waals surface area (Å²) in [7, 11) is 1.61. The van der Waals surface area contributed by atoms with Gasteiger partial charge in [0.25, 0.3) is 5.91 Å². The van der Waals surface area contributed by atoms with E-state index in [4.69, 9.17) is 18.9 Å². The van der Waals surface area contributed by atoms with Crippen LogP contribution in [-0.2, 0) is 9.59 Å². The van der Waals surface area contributed by atoms with Gasteiger partial charge in [0, 0.05) is 12.1 Å². The zero-order valence-corrected chi connectivity index (χ0v) is 20.5. The molecular weight excluding hydrogens is 460 g/mol. The van der Waals surface area contributed by atoms with Gasteiger partial charge < -0.3 is 29.2 Å². The van der Waals surface area contributed by atoms with Gasteiger partial charge in [0.05, 0.1) is 25.9 Å². The number of methoxy groups -OCH3 is 1. The molecule has 0 spiro atoms. The average Bonchev–Trinajstić information content (AvgIpc) is 2.88. The lowest BCUT2D eigenvalue weighted by atomic mass is 10.2. The molecule has 3 aromatic carbocycles. The standard InChI is InChI=1S/C28H30N2O6/c1-20-5-3-6-24(17-20)35-16-14-30-25-18-21(8-13-26(25)36-19-28(30)32)29-27(31)7-4-15-34-23-11-9-22(33-2)10-12-23/h3,5-6,8-13,17-18H,4,7,14-16,19H2,1-2H3,(H,29,31). The molecule has 0 radical (unpaired) electrons. The van der Waals surface area contributed by atoms with E-state index in [0.29, 0.717) is 49.7 Å². The molecule has 0 aromatic heterocycles. The summed E-state index contributed by atoms with van der Waals surface area (Å²) < 4.78 is 22.2. The number of anilines is 2. The Balaban J connectivity index is 1.28. The van der Waals surface area contributed by atoms with E-state index >= 15 is 0 Å². The molecule has 0 aliphatic carbocycles. The SMILES string of the molecule is COc1ccc(OCCCC(=O)Nc2ccc3c(c2)N(CCOc2cccc(C)c2)C(=O)CO3)cc1. The number of carbonyl (C=O) groups excluding carboxylic acids is 2. The first-order valence-corrected chi connectivity index (χ1v) is 11.9. The number of nitrogens with zero attached hydrogens (tertiary/aromatic N) is 1. The van der Waals surface area contributed by atoms with Crippen LogP contribution in [0.5, 0.6) is 23.0 Å². The van der Waals surface area contributed by atoms with Crippen LogP contribution in [-0.4, -0.2) is 45.3 Å². The predicted octanol–water partition coefficient (Wildman–Crippen LogP) is 4.61. The van der Waals surface area contributed by atoms with Gasteiger partial charge in [-0.25, -0.2) is 0 Å². The first-order chi connectivity index (χ1) is 17.5. The van der Waals surface area contributed by atoms with Gasteiger partial charge in [0.1, 0.15) is 29.6 Å². The average molecular weight is 491 g/mol. The van der Waals surface area contributed by atoms with E-state index in [-0.39, 0.29) is 18.4 Å². The van der Waals surface area contributed by atoms with E-state index in [1.165, 1.54) is 0 Å². The van der Waals surface area contributed by atoms with Crippen molar-refractivity contribution in [2.24, 2.45) is 0 Å². The van der Waals surface area contributed by atoms with E-state index in [2.05, 4.69) is 5.32 Å². The smallest absolute Gasteiger partial charge is 0.265 e. The second-order valence-electron chi connectivity index (χ2n) is 8.36. The van der Waals surface area contributed by atoms with Crippen molar-refractivity contribution in [1.29, 1.82) is 0 Å². The molecule has 36 heavy (non-hydrogen) atoms.